The highest BCUT2D eigenvalue weighted by Gasteiger charge is 2.16. The normalized spacial score (nSPS) is 12.9. The van der Waals surface area contributed by atoms with Crippen LogP contribution in [0.15, 0.2) is 107 Å². The number of rotatable bonds is 9. The van der Waals surface area contributed by atoms with Gasteiger partial charge in [-0.05, 0) is 48.7 Å². The van der Waals surface area contributed by atoms with Crippen molar-refractivity contribution in [2.24, 2.45) is 0 Å². The summed E-state index contributed by atoms with van der Waals surface area (Å²) in [4.78, 5) is 71.7. The van der Waals surface area contributed by atoms with Crippen molar-refractivity contribution in [2.45, 2.75) is 33.5 Å². The largest absolute Gasteiger partial charge is 0.379 e. The number of pyridine rings is 2. The zero-order valence-corrected chi connectivity index (χ0v) is 29.5. The van der Waals surface area contributed by atoms with Crippen molar-refractivity contribution in [2.75, 3.05) is 26.3 Å². The standard InChI is InChI=1S/C22H24N4O3.C18H15N3O3/c1-16-2-4-17(5-3-16)12-24-21(27)19-13-23-20-7-6-18(15-26(20)22(19)28)14-25-8-10-29-11-9-25;1-12-2-4-13(5-3-12)8-20-17(23)15-9-19-16-7-6-14(11-22)10-21(16)18(15)24/h2-7,13,15H,8-12,14H2,1H3,(H,24,27);2-7,9-11H,8H2,1H3,(H,20,23). The predicted molar refractivity (Wildman–Crippen MR) is 199 cm³/mol. The molecule has 5 heterocycles. The van der Waals surface area contributed by atoms with Crippen LogP contribution >= 0.6 is 0 Å². The van der Waals surface area contributed by atoms with Crippen LogP contribution in [0.3, 0.4) is 0 Å². The van der Waals surface area contributed by atoms with E-state index in [9.17, 15) is 24.0 Å². The van der Waals surface area contributed by atoms with E-state index in [1.54, 1.807) is 18.3 Å². The lowest BCUT2D eigenvalue weighted by molar-refractivity contribution is 0.0341. The van der Waals surface area contributed by atoms with Crippen molar-refractivity contribution in [3.63, 3.8) is 0 Å². The molecule has 0 aliphatic carbocycles. The van der Waals surface area contributed by atoms with Crippen LogP contribution in [0.5, 0.6) is 0 Å². The first-order valence-electron chi connectivity index (χ1n) is 17.1. The molecule has 53 heavy (non-hydrogen) atoms. The quantitative estimate of drug-likeness (QED) is 0.214. The number of benzene rings is 2. The number of carbonyl (C=O) groups excluding carboxylic acids is 3. The Bertz CT molecular complexity index is 2380. The molecule has 2 N–H and O–H groups in total. The Morgan fingerprint density at radius 3 is 1.66 bits per heavy atom. The third-order valence-corrected chi connectivity index (χ3v) is 8.77. The number of hydrogen-bond donors (Lipinski definition) is 2. The van der Waals surface area contributed by atoms with E-state index in [4.69, 9.17) is 4.74 Å². The predicted octanol–water partition coefficient (Wildman–Crippen LogP) is 3.51. The summed E-state index contributed by atoms with van der Waals surface area (Å²) in [6, 6.07) is 22.5. The van der Waals surface area contributed by atoms with Crippen molar-refractivity contribution < 1.29 is 19.1 Å². The smallest absolute Gasteiger partial charge is 0.270 e. The van der Waals surface area contributed by atoms with Gasteiger partial charge < -0.3 is 15.4 Å². The molecule has 0 bridgehead atoms. The van der Waals surface area contributed by atoms with Gasteiger partial charge in [0.15, 0.2) is 6.29 Å². The number of fused-ring (bicyclic) bond motifs is 2. The number of aromatic nitrogens is 4. The Hall–Kier alpha value is -6.31. The Kier molecular flexibility index (Phi) is 11.6. The van der Waals surface area contributed by atoms with Gasteiger partial charge >= 0.3 is 0 Å². The average molecular weight is 714 g/mol. The van der Waals surface area contributed by atoms with Crippen LogP contribution in [-0.2, 0) is 24.4 Å². The molecule has 2 aromatic carbocycles. The number of ether oxygens (including phenoxy) is 1. The van der Waals surface area contributed by atoms with Gasteiger partial charge in [0.05, 0.1) is 13.2 Å². The Morgan fingerprint density at radius 1 is 0.679 bits per heavy atom. The number of morpholine rings is 1. The molecule has 0 radical (unpaired) electrons. The Balaban J connectivity index is 0.000000185. The topological polar surface area (TPSA) is 156 Å². The average Bonchev–Trinajstić information content (AvgIpc) is 3.18. The zero-order chi connectivity index (χ0) is 37.3. The first-order chi connectivity index (χ1) is 25.7. The van der Waals surface area contributed by atoms with Gasteiger partial charge in [0.1, 0.15) is 22.4 Å². The number of carbonyl (C=O) groups is 3. The van der Waals surface area contributed by atoms with Gasteiger partial charge in [-0.1, -0.05) is 65.7 Å². The fourth-order valence-electron chi connectivity index (χ4n) is 5.67. The molecule has 13 heteroatoms. The van der Waals surface area contributed by atoms with E-state index < -0.39 is 17.4 Å². The van der Waals surface area contributed by atoms with Crippen molar-refractivity contribution in [1.29, 1.82) is 0 Å². The second-order valence-corrected chi connectivity index (χ2v) is 12.8. The van der Waals surface area contributed by atoms with Crippen LogP contribution in [0.1, 0.15) is 58.9 Å². The third-order valence-electron chi connectivity index (χ3n) is 8.77. The summed E-state index contributed by atoms with van der Waals surface area (Å²) in [7, 11) is 0. The molecule has 1 fully saturated rings. The van der Waals surface area contributed by atoms with E-state index in [1.807, 2.05) is 74.5 Å². The van der Waals surface area contributed by atoms with Gasteiger partial charge in [0.25, 0.3) is 22.9 Å². The van der Waals surface area contributed by atoms with E-state index in [2.05, 4.69) is 25.5 Å². The number of nitrogens with zero attached hydrogens (tertiary/aromatic N) is 5. The van der Waals surface area contributed by atoms with E-state index in [0.29, 0.717) is 36.2 Å². The number of amides is 2. The zero-order valence-electron chi connectivity index (χ0n) is 29.5. The molecule has 0 atom stereocenters. The fourth-order valence-corrected chi connectivity index (χ4v) is 5.67. The van der Waals surface area contributed by atoms with Crippen LogP contribution in [0, 0.1) is 13.8 Å². The molecular weight excluding hydrogens is 674 g/mol. The summed E-state index contributed by atoms with van der Waals surface area (Å²) in [5.41, 5.74) is 5.54. The molecule has 270 valence electrons. The van der Waals surface area contributed by atoms with Gasteiger partial charge in [-0.25, -0.2) is 9.97 Å². The molecule has 4 aromatic heterocycles. The summed E-state index contributed by atoms with van der Waals surface area (Å²) < 4.78 is 8.03. The van der Waals surface area contributed by atoms with Crippen molar-refractivity contribution in [1.82, 2.24) is 34.3 Å². The maximum absolute atomic E-state index is 12.9. The molecule has 0 spiro atoms. The maximum atomic E-state index is 12.9. The molecular formula is C40H39N7O6. The highest BCUT2D eigenvalue weighted by atomic mass is 16.5. The van der Waals surface area contributed by atoms with E-state index in [0.717, 1.165) is 60.7 Å². The van der Waals surface area contributed by atoms with Crippen LogP contribution in [0.4, 0.5) is 0 Å². The lowest BCUT2D eigenvalue weighted by atomic mass is 10.1. The fraction of sp³-hybridized carbons (Fsp3) is 0.225. The summed E-state index contributed by atoms with van der Waals surface area (Å²) in [6.45, 7) is 8.58. The molecule has 2 amide bonds. The molecule has 1 aliphatic heterocycles. The van der Waals surface area contributed by atoms with Gasteiger partial charge in [-0.15, -0.1) is 0 Å². The molecule has 0 unspecified atom stereocenters. The minimum Gasteiger partial charge on any atom is -0.379 e. The van der Waals surface area contributed by atoms with Crippen molar-refractivity contribution in [3.8, 4) is 0 Å². The lowest BCUT2D eigenvalue weighted by Crippen LogP contribution is -2.36. The Labute approximate surface area is 304 Å². The van der Waals surface area contributed by atoms with Gasteiger partial charge in [0, 0.05) is 63.1 Å². The van der Waals surface area contributed by atoms with Gasteiger partial charge in [-0.2, -0.15) is 0 Å². The summed E-state index contributed by atoms with van der Waals surface area (Å²) in [5.74, 6) is -0.921. The number of hydrogen-bond acceptors (Lipinski definition) is 9. The number of aldehydes is 1. The van der Waals surface area contributed by atoms with Crippen molar-refractivity contribution in [3.05, 3.63) is 163 Å². The summed E-state index contributed by atoms with van der Waals surface area (Å²) in [6.07, 6.45) is 6.38. The molecule has 1 aliphatic rings. The summed E-state index contributed by atoms with van der Waals surface area (Å²) >= 11 is 0. The molecule has 7 rings (SSSR count). The molecule has 13 nitrogen and oxygen atoms in total. The van der Waals surface area contributed by atoms with Gasteiger partial charge in [0.2, 0.25) is 0 Å². The molecule has 6 aromatic rings. The second kappa shape index (κ2) is 16.8. The highest BCUT2D eigenvalue weighted by Crippen LogP contribution is 2.10. The third kappa shape index (κ3) is 9.14. The van der Waals surface area contributed by atoms with Crippen LogP contribution < -0.4 is 21.8 Å². The van der Waals surface area contributed by atoms with Crippen LogP contribution in [0.25, 0.3) is 11.3 Å². The SMILES string of the molecule is Cc1ccc(CNC(=O)c2cnc3ccc(C=O)cn3c2=O)cc1.Cc1ccc(CNC(=O)c2cnc3ccc(CN4CCOCC4)cn3c2=O)cc1. The molecule has 1 saturated heterocycles. The maximum Gasteiger partial charge on any atom is 0.270 e. The second-order valence-electron chi connectivity index (χ2n) is 12.8. The minimum absolute atomic E-state index is 0.0399. The minimum atomic E-state index is -0.509. The lowest BCUT2D eigenvalue weighted by Gasteiger charge is -2.26. The van der Waals surface area contributed by atoms with Gasteiger partial charge in [-0.3, -0.25) is 37.7 Å². The van der Waals surface area contributed by atoms with E-state index >= 15 is 0 Å². The number of nitrogens with one attached hydrogen (secondary N) is 2. The van der Waals surface area contributed by atoms with Crippen LogP contribution in [-0.4, -0.2) is 68.1 Å². The molecule has 0 saturated carbocycles. The first-order valence-corrected chi connectivity index (χ1v) is 17.1. The Morgan fingerprint density at radius 2 is 1.15 bits per heavy atom. The van der Waals surface area contributed by atoms with Crippen molar-refractivity contribution >= 4 is 29.4 Å². The van der Waals surface area contributed by atoms with E-state index in [-0.39, 0.29) is 16.7 Å². The number of aryl methyl sites for hydroxylation is 2. The summed E-state index contributed by atoms with van der Waals surface area (Å²) in [5, 5.41) is 5.51. The highest BCUT2D eigenvalue weighted by molar-refractivity contribution is 5.94. The first kappa shape index (κ1) is 36.5. The van der Waals surface area contributed by atoms with E-state index in [1.165, 1.54) is 27.4 Å². The monoisotopic (exact) mass is 713 g/mol. The van der Waals surface area contributed by atoms with Crippen LogP contribution in [0.2, 0.25) is 0 Å².